The predicted molar refractivity (Wildman–Crippen MR) is 71.0 cm³/mol. The number of halogens is 1. The zero-order chi connectivity index (χ0) is 13.0. The van der Waals surface area contributed by atoms with Gasteiger partial charge in [0.2, 0.25) is 0 Å². The highest BCUT2D eigenvalue weighted by molar-refractivity contribution is 7.99. The summed E-state index contributed by atoms with van der Waals surface area (Å²) in [6.07, 6.45) is 0.393. The first-order valence-electron chi connectivity index (χ1n) is 5.59. The van der Waals surface area contributed by atoms with Gasteiger partial charge < -0.3 is 0 Å². The second kappa shape index (κ2) is 5.70. The Bertz CT molecular complexity index is 584. The molecule has 0 fully saturated rings. The Morgan fingerprint density at radius 2 is 1.89 bits per heavy atom. The van der Waals surface area contributed by atoms with Gasteiger partial charge in [0, 0.05) is 9.79 Å². The molecule has 0 N–H and O–H groups in total. The second-order valence-corrected chi connectivity index (χ2v) is 5.12. The van der Waals surface area contributed by atoms with E-state index in [0.717, 1.165) is 20.9 Å². The Kier molecular flexibility index (Phi) is 4.01. The molecule has 2 aromatic rings. The molecule has 1 nitrogen and oxygen atoms in total. The van der Waals surface area contributed by atoms with Crippen molar-refractivity contribution in [2.24, 2.45) is 0 Å². The highest BCUT2D eigenvalue weighted by atomic mass is 32.2. The van der Waals surface area contributed by atoms with E-state index in [0.29, 0.717) is 6.42 Å². The van der Waals surface area contributed by atoms with Gasteiger partial charge in [0.15, 0.2) is 0 Å². The Labute approximate surface area is 110 Å². The maximum absolute atomic E-state index is 12.8. The molecule has 0 atom stereocenters. The van der Waals surface area contributed by atoms with Gasteiger partial charge in [-0.25, -0.2) is 4.39 Å². The average Bonchev–Trinajstić information content (AvgIpc) is 2.36. The molecule has 0 radical (unpaired) electrons. The van der Waals surface area contributed by atoms with E-state index >= 15 is 0 Å². The topological polar surface area (TPSA) is 23.8 Å². The van der Waals surface area contributed by atoms with Crippen LogP contribution in [0.25, 0.3) is 0 Å². The van der Waals surface area contributed by atoms with E-state index in [1.165, 1.54) is 12.1 Å². The molecule has 0 bridgehead atoms. The summed E-state index contributed by atoms with van der Waals surface area (Å²) < 4.78 is 12.8. The quantitative estimate of drug-likeness (QED) is 0.816. The van der Waals surface area contributed by atoms with Crippen LogP contribution in [0.3, 0.4) is 0 Å². The molecule has 2 aromatic carbocycles. The smallest absolute Gasteiger partial charge is 0.123 e. The average molecular weight is 257 g/mol. The lowest BCUT2D eigenvalue weighted by Gasteiger charge is -2.07. The van der Waals surface area contributed by atoms with Crippen LogP contribution < -0.4 is 0 Å². The zero-order valence-electron chi connectivity index (χ0n) is 9.98. The summed E-state index contributed by atoms with van der Waals surface area (Å²) in [7, 11) is 0. The van der Waals surface area contributed by atoms with E-state index in [9.17, 15) is 4.39 Å². The van der Waals surface area contributed by atoms with Gasteiger partial charge in [-0.2, -0.15) is 5.26 Å². The molecule has 3 heteroatoms. The molecule has 0 saturated heterocycles. The number of aryl methyl sites for hydroxylation is 1. The Morgan fingerprint density at radius 1 is 1.17 bits per heavy atom. The summed E-state index contributed by atoms with van der Waals surface area (Å²) in [6, 6.07) is 14.6. The molecule has 90 valence electrons. The van der Waals surface area contributed by atoms with E-state index in [4.69, 9.17) is 5.26 Å². The van der Waals surface area contributed by atoms with Crippen molar-refractivity contribution in [3.8, 4) is 6.07 Å². The van der Waals surface area contributed by atoms with Crippen LogP contribution in [0.15, 0.2) is 52.3 Å². The number of rotatable bonds is 3. The third-order valence-corrected chi connectivity index (χ3v) is 3.64. The van der Waals surface area contributed by atoms with Gasteiger partial charge in [-0.3, -0.25) is 0 Å². The largest absolute Gasteiger partial charge is 0.207 e. The van der Waals surface area contributed by atoms with E-state index in [1.807, 2.05) is 19.1 Å². The third kappa shape index (κ3) is 3.12. The second-order valence-electron chi connectivity index (χ2n) is 4.00. The highest BCUT2D eigenvalue weighted by Crippen LogP contribution is 2.31. The van der Waals surface area contributed by atoms with E-state index < -0.39 is 0 Å². The summed E-state index contributed by atoms with van der Waals surface area (Å²) in [6.45, 7) is 2.02. The molecule has 0 aliphatic heterocycles. The Balaban J connectivity index is 2.30. The lowest BCUT2D eigenvalue weighted by molar-refractivity contribution is 0.626. The zero-order valence-corrected chi connectivity index (χ0v) is 10.8. The van der Waals surface area contributed by atoms with Crippen LogP contribution in [0.4, 0.5) is 4.39 Å². The van der Waals surface area contributed by atoms with Crippen molar-refractivity contribution >= 4 is 11.8 Å². The minimum absolute atomic E-state index is 0.235. The van der Waals surface area contributed by atoms with Crippen molar-refractivity contribution in [1.29, 1.82) is 5.26 Å². The maximum Gasteiger partial charge on any atom is 0.123 e. The molecule has 0 aliphatic rings. The van der Waals surface area contributed by atoms with Crippen LogP contribution in [-0.2, 0) is 6.42 Å². The van der Waals surface area contributed by atoms with Gasteiger partial charge >= 0.3 is 0 Å². The summed E-state index contributed by atoms with van der Waals surface area (Å²) in [4.78, 5) is 2.03. The van der Waals surface area contributed by atoms with Crippen molar-refractivity contribution in [2.75, 3.05) is 0 Å². The number of hydrogen-bond donors (Lipinski definition) is 0. The number of hydrogen-bond acceptors (Lipinski definition) is 2. The van der Waals surface area contributed by atoms with Gasteiger partial charge in [-0.1, -0.05) is 23.9 Å². The SMILES string of the molecule is Cc1ccc(CC#N)c(Sc2ccc(F)cc2)c1. The normalized spacial score (nSPS) is 10.1. The standard InChI is InChI=1S/C15H12FNS/c1-11-2-3-12(8-9-17)15(10-11)18-14-6-4-13(16)5-7-14/h2-7,10H,8H2,1H3. The molecule has 18 heavy (non-hydrogen) atoms. The maximum atomic E-state index is 12.8. The van der Waals surface area contributed by atoms with Crippen molar-refractivity contribution < 1.29 is 4.39 Å². The molecule has 0 saturated carbocycles. The molecule has 0 aromatic heterocycles. The van der Waals surface area contributed by atoms with Crippen molar-refractivity contribution in [3.63, 3.8) is 0 Å². The predicted octanol–water partition coefficient (Wildman–Crippen LogP) is 4.35. The van der Waals surface area contributed by atoms with Crippen molar-refractivity contribution in [3.05, 3.63) is 59.4 Å². The van der Waals surface area contributed by atoms with Crippen LogP contribution >= 0.6 is 11.8 Å². The van der Waals surface area contributed by atoms with Crippen LogP contribution in [0.2, 0.25) is 0 Å². The van der Waals surface area contributed by atoms with E-state index in [2.05, 4.69) is 12.1 Å². The van der Waals surface area contributed by atoms with Crippen molar-refractivity contribution in [1.82, 2.24) is 0 Å². The molecular weight excluding hydrogens is 245 g/mol. The van der Waals surface area contributed by atoms with Crippen LogP contribution in [0, 0.1) is 24.1 Å². The highest BCUT2D eigenvalue weighted by Gasteiger charge is 2.05. The lowest BCUT2D eigenvalue weighted by atomic mass is 10.1. The lowest BCUT2D eigenvalue weighted by Crippen LogP contribution is -1.88. The Hall–Kier alpha value is -1.79. The minimum Gasteiger partial charge on any atom is -0.207 e. The summed E-state index contributed by atoms with van der Waals surface area (Å²) in [5.74, 6) is -0.235. The van der Waals surface area contributed by atoms with E-state index in [-0.39, 0.29) is 5.82 Å². The van der Waals surface area contributed by atoms with Crippen LogP contribution in [0.1, 0.15) is 11.1 Å². The van der Waals surface area contributed by atoms with Crippen molar-refractivity contribution in [2.45, 2.75) is 23.1 Å². The molecule has 0 heterocycles. The molecule has 0 amide bonds. The number of nitriles is 1. The summed E-state index contributed by atoms with van der Waals surface area (Å²) in [5, 5.41) is 8.81. The van der Waals surface area contributed by atoms with Gasteiger partial charge in [0.05, 0.1) is 12.5 Å². The first kappa shape index (κ1) is 12.7. The third-order valence-electron chi connectivity index (χ3n) is 2.53. The molecular formula is C15H12FNS. The summed E-state index contributed by atoms with van der Waals surface area (Å²) >= 11 is 1.56. The fourth-order valence-electron chi connectivity index (χ4n) is 1.62. The number of benzene rings is 2. The Morgan fingerprint density at radius 3 is 2.56 bits per heavy atom. The van der Waals surface area contributed by atoms with Crippen LogP contribution in [-0.4, -0.2) is 0 Å². The molecule has 0 unspecified atom stereocenters. The van der Waals surface area contributed by atoms with Gasteiger partial charge in [-0.15, -0.1) is 0 Å². The fraction of sp³-hybridized carbons (Fsp3) is 0.133. The van der Waals surface area contributed by atoms with E-state index in [1.54, 1.807) is 23.9 Å². The number of nitrogens with zero attached hydrogens (tertiary/aromatic N) is 1. The first-order valence-corrected chi connectivity index (χ1v) is 6.40. The monoisotopic (exact) mass is 257 g/mol. The van der Waals surface area contributed by atoms with Crippen LogP contribution in [0.5, 0.6) is 0 Å². The minimum atomic E-state index is -0.235. The summed E-state index contributed by atoms with van der Waals surface area (Å²) in [5.41, 5.74) is 2.17. The van der Waals surface area contributed by atoms with Gasteiger partial charge in [0.25, 0.3) is 0 Å². The molecule has 0 aliphatic carbocycles. The van der Waals surface area contributed by atoms with Gasteiger partial charge in [0.1, 0.15) is 5.82 Å². The molecule has 2 rings (SSSR count). The first-order chi connectivity index (χ1) is 8.69. The van der Waals surface area contributed by atoms with Gasteiger partial charge in [-0.05, 0) is 48.4 Å². The fourth-order valence-corrected chi connectivity index (χ4v) is 2.66. The molecule has 0 spiro atoms.